The van der Waals surface area contributed by atoms with Crippen LogP contribution >= 0.6 is 0 Å². The third kappa shape index (κ3) is 6.43. The average molecular weight is 419 g/mol. The molecular formula is C24H21NO6. The van der Waals surface area contributed by atoms with E-state index in [9.17, 15) is 14.4 Å². The highest BCUT2D eigenvalue weighted by molar-refractivity contribution is 5.96. The lowest BCUT2D eigenvalue weighted by Crippen LogP contribution is -2.21. The summed E-state index contributed by atoms with van der Waals surface area (Å²) in [6.07, 6.45) is 0. The third-order valence-corrected chi connectivity index (χ3v) is 4.26. The molecule has 0 aliphatic carbocycles. The second-order valence-electron chi connectivity index (χ2n) is 6.49. The summed E-state index contributed by atoms with van der Waals surface area (Å²) in [6.45, 7) is -0.0186. The Morgan fingerprint density at radius 2 is 1.39 bits per heavy atom. The van der Waals surface area contributed by atoms with Crippen LogP contribution in [-0.2, 0) is 20.9 Å². The largest absolute Gasteiger partial charge is 0.489 e. The normalized spacial score (nSPS) is 10.1. The Bertz CT molecular complexity index is 1030. The smallest absolute Gasteiger partial charge is 0.338 e. The summed E-state index contributed by atoms with van der Waals surface area (Å²) in [7, 11) is 1.29. The van der Waals surface area contributed by atoms with Gasteiger partial charge in [-0.1, -0.05) is 30.3 Å². The van der Waals surface area contributed by atoms with Crippen LogP contribution in [0.5, 0.6) is 5.75 Å². The molecule has 0 aliphatic rings. The van der Waals surface area contributed by atoms with Gasteiger partial charge in [-0.05, 0) is 54.1 Å². The SMILES string of the molecule is COC(=O)c1ccc(NC(=O)COC(=O)c2ccc(OCc3ccccc3)cc2)cc1. The third-order valence-electron chi connectivity index (χ3n) is 4.26. The summed E-state index contributed by atoms with van der Waals surface area (Å²) in [5, 5.41) is 2.59. The highest BCUT2D eigenvalue weighted by atomic mass is 16.5. The van der Waals surface area contributed by atoms with Crippen LogP contribution in [-0.4, -0.2) is 31.6 Å². The maximum absolute atomic E-state index is 12.2. The number of carbonyl (C=O) groups excluding carboxylic acids is 3. The number of ether oxygens (including phenoxy) is 3. The fourth-order valence-electron chi connectivity index (χ4n) is 2.65. The Hall–Kier alpha value is -4.13. The highest BCUT2D eigenvalue weighted by Gasteiger charge is 2.11. The monoisotopic (exact) mass is 419 g/mol. The van der Waals surface area contributed by atoms with E-state index in [0.29, 0.717) is 29.2 Å². The van der Waals surface area contributed by atoms with Gasteiger partial charge in [0.15, 0.2) is 6.61 Å². The van der Waals surface area contributed by atoms with Gasteiger partial charge in [0.25, 0.3) is 5.91 Å². The molecule has 31 heavy (non-hydrogen) atoms. The van der Waals surface area contributed by atoms with Gasteiger partial charge in [0.2, 0.25) is 0 Å². The average Bonchev–Trinajstić information content (AvgIpc) is 2.82. The minimum atomic E-state index is -0.620. The number of hydrogen-bond donors (Lipinski definition) is 1. The molecule has 3 rings (SSSR count). The van der Waals surface area contributed by atoms with E-state index in [1.54, 1.807) is 36.4 Å². The summed E-state index contributed by atoms with van der Waals surface area (Å²) >= 11 is 0. The number of carbonyl (C=O) groups is 3. The zero-order valence-electron chi connectivity index (χ0n) is 16.9. The standard InChI is InChI=1S/C24H21NO6/c1-29-23(27)18-7-11-20(12-8-18)25-22(26)16-31-24(28)19-9-13-21(14-10-19)30-15-17-5-3-2-4-6-17/h2-14H,15-16H2,1H3,(H,25,26). The zero-order valence-corrected chi connectivity index (χ0v) is 16.9. The van der Waals surface area contributed by atoms with Gasteiger partial charge in [-0.15, -0.1) is 0 Å². The summed E-state index contributed by atoms with van der Waals surface area (Å²) in [4.78, 5) is 35.6. The molecule has 0 bridgehead atoms. The van der Waals surface area contributed by atoms with E-state index in [4.69, 9.17) is 9.47 Å². The van der Waals surface area contributed by atoms with Gasteiger partial charge in [0.05, 0.1) is 18.2 Å². The topological polar surface area (TPSA) is 90.9 Å². The second-order valence-corrected chi connectivity index (χ2v) is 6.49. The molecular weight excluding hydrogens is 398 g/mol. The van der Waals surface area contributed by atoms with Crippen molar-refractivity contribution in [2.75, 3.05) is 19.0 Å². The molecule has 0 saturated carbocycles. The van der Waals surface area contributed by atoms with E-state index in [2.05, 4.69) is 10.1 Å². The molecule has 1 N–H and O–H groups in total. The summed E-state index contributed by atoms with van der Waals surface area (Å²) in [5.41, 5.74) is 2.18. The molecule has 0 aromatic heterocycles. The lowest BCUT2D eigenvalue weighted by Gasteiger charge is -2.09. The van der Waals surface area contributed by atoms with Crippen LogP contribution in [0.4, 0.5) is 5.69 Å². The van der Waals surface area contributed by atoms with Crippen LogP contribution in [0.25, 0.3) is 0 Å². The van der Waals surface area contributed by atoms with Gasteiger partial charge < -0.3 is 19.5 Å². The molecule has 0 fully saturated rings. The number of amides is 1. The van der Waals surface area contributed by atoms with E-state index < -0.39 is 24.5 Å². The molecule has 0 heterocycles. The summed E-state index contributed by atoms with van der Waals surface area (Å²) in [6, 6.07) is 22.4. The number of nitrogens with one attached hydrogen (secondary N) is 1. The fourth-order valence-corrected chi connectivity index (χ4v) is 2.65. The van der Waals surface area contributed by atoms with E-state index in [-0.39, 0.29) is 0 Å². The summed E-state index contributed by atoms with van der Waals surface area (Å²) < 4.78 is 15.3. The van der Waals surface area contributed by atoms with Crippen LogP contribution in [0.2, 0.25) is 0 Å². The number of methoxy groups -OCH3 is 1. The van der Waals surface area contributed by atoms with Crippen molar-refractivity contribution in [1.82, 2.24) is 0 Å². The van der Waals surface area contributed by atoms with Crippen LogP contribution in [0.15, 0.2) is 78.9 Å². The van der Waals surface area contributed by atoms with Gasteiger partial charge in [-0.3, -0.25) is 4.79 Å². The van der Waals surface area contributed by atoms with Crippen molar-refractivity contribution in [3.8, 4) is 5.75 Å². The Labute approximate surface area is 179 Å². The van der Waals surface area contributed by atoms with Gasteiger partial charge in [0.1, 0.15) is 12.4 Å². The van der Waals surface area contributed by atoms with Crippen LogP contribution < -0.4 is 10.1 Å². The molecule has 7 heteroatoms. The number of benzene rings is 3. The minimum Gasteiger partial charge on any atom is -0.489 e. The minimum absolute atomic E-state index is 0.308. The van der Waals surface area contributed by atoms with Crippen LogP contribution in [0, 0.1) is 0 Å². The molecule has 0 spiro atoms. The van der Waals surface area contributed by atoms with Crippen molar-refractivity contribution in [2.24, 2.45) is 0 Å². The molecule has 1 amide bonds. The summed E-state index contributed by atoms with van der Waals surface area (Å²) in [5.74, 6) is -0.968. The first-order chi connectivity index (χ1) is 15.0. The predicted octanol–water partition coefficient (Wildman–Crippen LogP) is 3.85. The highest BCUT2D eigenvalue weighted by Crippen LogP contribution is 2.15. The molecule has 3 aromatic rings. The molecule has 158 valence electrons. The number of esters is 2. The van der Waals surface area contributed by atoms with Gasteiger partial charge in [-0.25, -0.2) is 9.59 Å². The maximum Gasteiger partial charge on any atom is 0.338 e. The van der Waals surface area contributed by atoms with Crippen molar-refractivity contribution < 1.29 is 28.6 Å². The Morgan fingerprint density at radius 3 is 2.03 bits per heavy atom. The quantitative estimate of drug-likeness (QED) is 0.558. The van der Waals surface area contributed by atoms with Crippen molar-refractivity contribution in [3.63, 3.8) is 0 Å². The maximum atomic E-state index is 12.2. The van der Waals surface area contributed by atoms with Crippen molar-refractivity contribution >= 4 is 23.5 Å². The van der Waals surface area contributed by atoms with Crippen molar-refractivity contribution in [3.05, 3.63) is 95.6 Å². The first-order valence-corrected chi connectivity index (χ1v) is 9.47. The van der Waals surface area contributed by atoms with Crippen LogP contribution in [0.1, 0.15) is 26.3 Å². The van der Waals surface area contributed by atoms with E-state index in [0.717, 1.165) is 5.56 Å². The molecule has 0 aliphatic heterocycles. The number of rotatable bonds is 8. The number of hydrogen-bond acceptors (Lipinski definition) is 6. The molecule has 0 saturated heterocycles. The number of anilines is 1. The first-order valence-electron chi connectivity index (χ1n) is 9.47. The van der Waals surface area contributed by atoms with Crippen molar-refractivity contribution in [1.29, 1.82) is 0 Å². The Kier molecular flexibility index (Phi) is 7.37. The van der Waals surface area contributed by atoms with Gasteiger partial charge >= 0.3 is 11.9 Å². The molecule has 0 unspecified atom stereocenters. The second kappa shape index (κ2) is 10.6. The Balaban J connectivity index is 1.45. The molecule has 0 atom stereocenters. The molecule has 0 radical (unpaired) electrons. The lowest BCUT2D eigenvalue weighted by molar-refractivity contribution is -0.119. The first kappa shape index (κ1) is 21.6. The van der Waals surface area contributed by atoms with Gasteiger partial charge in [-0.2, -0.15) is 0 Å². The predicted molar refractivity (Wildman–Crippen MR) is 114 cm³/mol. The van der Waals surface area contributed by atoms with Gasteiger partial charge in [0, 0.05) is 5.69 Å². The van der Waals surface area contributed by atoms with E-state index >= 15 is 0 Å². The zero-order chi connectivity index (χ0) is 22.1. The van der Waals surface area contributed by atoms with E-state index in [1.807, 2.05) is 30.3 Å². The fraction of sp³-hybridized carbons (Fsp3) is 0.125. The lowest BCUT2D eigenvalue weighted by atomic mass is 10.2. The van der Waals surface area contributed by atoms with Crippen molar-refractivity contribution in [2.45, 2.75) is 6.61 Å². The Morgan fingerprint density at radius 1 is 0.774 bits per heavy atom. The van der Waals surface area contributed by atoms with E-state index in [1.165, 1.54) is 19.2 Å². The van der Waals surface area contributed by atoms with Crippen LogP contribution in [0.3, 0.4) is 0 Å². The molecule has 7 nitrogen and oxygen atoms in total. The molecule has 3 aromatic carbocycles.